The van der Waals surface area contributed by atoms with Gasteiger partial charge in [0.2, 0.25) is 5.91 Å². The summed E-state index contributed by atoms with van der Waals surface area (Å²) in [6.07, 6.45) is 1.55. The predicted molar refractivity (Wildman–Crippen MR) is 94.4 cm³/mol. The molecule has 1 aliphatic heterocycles. The van der Waals surface area contributed by atoms with Gasteiger partial charge in [0.15, 0.2) is 0 Å². The Morgan fingerprint density at radius 2 is 2.09 bits per heavy atom. The van der Waals surface area contributed by atoms with Crippen LogP contribution in [-0.4, -0.2) is 42.9 Å². The molecule has 1 saturated heterocycles. The number of hydrogen-bond acceptors (Lipinski definition) is 3. The SMILES string of the molecule is Cl.NCCNC(=O)C1CCCN(C(=O)c2cccc(Cl)c2Cl)C1. The summed E-state index contributed by atoms with van der Waals surface area (Å²) in [5.74, 6) is -0.453. The van der Waals surface area contributed by atoms with Crippen molar-refractivity contribution in [2.45, 2.75) is 12.8 Å². The number of halogens is 3. The molecule has 1 fully saturated rings. The summed E-state index contributed by atoms with van der Waals surface area (Å²) in [5, 5.41) is 3.38. The first kappa shape index (κ1) is 20.0. The van der Waals surface area contributed by atoms with Crippen LogP contribution >= 0.6 is 35.6 Å². The maximum Gasteiger partial charge on any atom is 0.255 e. The van der Waals surface area contributed by atoms with Gasteiger partial charge in [-0.05, 0) is 25.0 Å². The third kappa shape index (κ3) is 4.98. The smallest absolute Gasteiger partial charge is 0.255 e. The third-order valence-electron chi connectivity index (χ3n) is 3.70. The second-order valence-electron chi connectivity index (χ2n) is 5.27. The average Bonchev–Trinajstić information content (AvgIpc) is 2.54. The number of rotatable bonds is 4. The van der Waals surface area contributed by atoms with Crippen LogP contribution in [0.15, 0.2) is 18.2 Å². The number of nitrogens with one attached hydrogen (secondary N) is 1. The van der Waals surface area contributed by atoms with Gasteiger partial charge >= 0.3 is 0 Å². The molecule has 2 rings (SSSR count). The number of hydrogen-bond donors (Lipinski definition) is 2. The Morgan fingerprint density at radius 3 is 2.78 bits per heavy atom. The molecule has 128 valence electrons. The summed E-state index contributed by atoms with van der Waals surface area (Å²) in [6.45, 7) is 1.85. The van der Waals surface area contributed by atoms with Crippen molar-refractivity contribution in [2.75, 3.05) is 26.2 Å². The quantitative estimate of drug-likeness (QED) is 0.842. The second-order valence-corrected chi connectivity index (χ2v) is 6.06. The monoisotopic (exact) mass is 379 g/mol. The molecule has 2 amide bonds. The van der Waals surface area contributed by atoms with E-state index in [0.29, 0.717) is 36.8 Å². The lowest BCUT2D eigenvalue weighted by atomic mass is 9.96. The van der Waals surface area contributed by atoms with Crippen molar-refractivity contribution in [2.24, 2.45) is 11.7 Å². The molecular weight excluding hydrogens is 361 g/mol. The molecule has 0 bridgehead atoms. The van der Waals surface area contributed by atoms with Crippen LogP contribution < -0.4 is 11.1 Å². The lowest BCUT2D eigenvalue weighted by Gasteiger charge is -2.32. The fourth-order valence-electron chi connectivity index (χ4n) is 2.55. The van der Waals surface area contributed by atoms with Crippen molar-refractivity contribution in [3.63, 3.8) is 0 Å². The Morgan fingerprint density at radius 1 is 1.35 bits per heavy atom. The van der Waals surface area contributed by atoms with Gasteiger partial charge in [-0.25, -0.2) is 0 Å². The van der Waals surface area contributed by atoms with Crippen molar-refractivity contribution >= 4 is 47.4 Å². The maximum atomic E-state index is 12.6. The summed E-state index contributed by atoms with van der Waals surface area (Å²) < 4.78 is 0. The van der Waals surface area contributed by atoms with Gasteiger partial charge in [0.1, 0.15) is 0 Å². The zero-order chi connectivity index (χ0) is 16.1. The molecule has 1 aromatic carbocycles. The topological polar surface area (TPSA) is 75.4 Å². The number of amides is 2. The van der Waals surface area contributed by atoms with E-state index >= 15 is 0 Å². The average molecular weight is 381 g/mol. The predicted octanol–water partition coefficient (Wildman–Crippen LogP) is 2.34. The van der Waals surface area contributed by atoms with Gasteiger partial charge < -0.3 is 16.0 Å². The molecule has 5 nitrogen and oxygen atoms in total. The Bertz CT molecular complexity index is 569. The third-order valence-corrected chi connectivity index (χ3v) is 4.52. The number of carbonyl (C=O) groups excluding carboxylic acids is 2. The number of carbonyl (C=O) groups is 2. The van der Waals surface area contributed by atoms with E-state index in [-0.39, 0.29) is 35.2 Å². The molecule has 0 aliphatic carbocycles. The maximum absolute atomic E-state index is 12.6. The van der Waals surface area contributed by atoms with Gasteiger partial charge in [-0.1, -0.05) is 29.3 Å². The minimum Gasteiger partial charge on any atom is -0.355 e. The van der Waals surface area contributed by atoms with Gasteiger partial charge in [-0.15, -0.1) is 12.4 Å². The van der Waals surface area contributed by atoms with Gasteiger partial charge in [-0.3, -0.25) is 9.59 Å². The van der Waals surface area contributed by atoms with Crippen LogP contribution in [0.3, 0.4) is 0 Å². The van der Waals surface area contributed by atoms with Crippen LogP contribution in [-0.2, 0) is 4.79 Å². The van der Waals surface area contributed by atoms with E-state index in [0.717, 1.165) is 12.8 Å². The first-order valence-corrected chi connectivity index (χ1v) is 8.01. The number of benzene rings is 1. The fraction of sp³-hybridized carbons (Fsp3) is 0.467. The Labute approximate surface area is 151 Å². The van der Waals surface area contributed by atoms with Crippen molar-refractivity contribution in [3.8, 4) is 0 Å². The lowest BCUT2D eigenvalue weighted by Crippen LogP contribution is -2.46. The molecule has 0 radical (unpaired) electrons. The fourth-order valence-corrected chi connectivity index (χ4v) is 2.94. The van der Waals surface area contributed by atoms with Crippen molar-refractivity contribution in [3.05, 3.63) is 33.8 Å². The van der Waals surface area contributed by atoms with Crippen molar-refractivity contribution in [1.29, 1.82) is 0 Å². The molecule has 0 spiro atoms. The summed E-state index contributed by atoms with van der Waals surface area (Å²) >= 11 is 12.1. The molecular formula is C15H20Cl3N3O2. The zero-order valence-corrected chi connectivity index (χ0v) is 14.9. The van der Waals surface area contributed by atoms with Gasteiger partial charge in [-0.2, -0.15) is 0 Å². The first-order chi connectivity index (χ1) is 10.5. The van der Waals surface area contributed by atoms with Crippen LogP contribution in [0.5, 0.6) is 0 Å². The van der Waals surface area contributed by atoms with E-state index in [9.17, 15) is 9.59 Å². The van der Waals surface area contributed by atoms with Crippen LogP contribution in [0.4, 0.5) is 0 Å². The summed E-state index contributed by atoms with van der Waals surface area (Å²) in [5.41, 5.74) is 5.75. The number of likely N-dealkylation sites (tertiary alicyclic amines) is 1. The van der Waals surface area contributed by atoms with Crippen LogP contribution in [0.2, 0.25) is 10.0 Å². The molecule has 8 heteroatoms. The molecule has 1 heterocycles. The Balaban J connectivity index is 0.00000264. The number of nitrogens with two attached hydrogens (primary N) is 1. The van der Waals surface area contributed by atoms with E-state index in [4.69, 9.17) is 28.9 Å². The Kier molecular flexibility index (Phi) is 8.12. The summed E-state index contributed by atoms with van der Waals surface area (Å²) in [7, 11) is 0. The van der Waals surface area contributed by atoms with E-state index in [1.165, 1.54) is 0 Å². The highest BCUT2D eigenvalue weighted by molar-refractivity contribution is 6.43. The Hall–Kier alpha value is -1.01. The standard InChI is InChI=1S/C15H19Cl2N3O2.ClH/c16-12-5-1-4-11(13(12)17)15(22)20-8-2-3-10(9-20)14(21)19-7-6-18;/h1,4-5,10H,2-3,6-9,18H2,(H,19,21);1H. The van der Waals surface area contributed by atoms with Crippen molar-refractivity contribution < 1.29 is 9.59 Å². The molecule has 3 N–H and O–H groups in total. The highest BCUT2D eigenvalue weighted by Gasteiger charge is 2.29. The number of piperidine rings is 1. The van der Waals surface area contributed by atoms with E-state index in [2.05, 4.69) is 5.32 Å². The minimum absolute atomic E-state index is 0. The minimum atomic E-state index is -0.206. The van der Waals surface area contributed by atoms with Crippen LogP contribution in [0.1, 0.15) is 23.2 Å². The number of nitrogens with zero attached hydrogens (tertiary/aromatic N) is 1. The molecule has 1 aromatic rings. The van der Waals surface area contributed by atoms with Crippen molar-refractivity contribution in [1.82, 2.24) is 10.2 Å². The molecule has 1 aliphatic rings. The second kappa shape index (κ2) is 9.33. The van der Waals surface area contributed by atoms with Crippen LogP contribution in [0.25, 0.3) is 0 Å². The highest BCUT2D eigenvalue weighted by Crippen LogP contribution is 2.28. The zero-order valence-electron chi connectivity index (χ0n) is 12.6. The summed E-state index contributed by atoms with van der Waals surface area (Å²) in [6, 6.07) is 4.98. The molecule has 0 saturated carbocycles. The molecule has 0 aromatic heterocycles. The van der Waals surface area contributed by atoms with Gasteiger partial charge in [0.05, 0.1) is 21.5 Å². The molecule has 1 atom stereocenters. The first-order valence-electron chi connectivity index (χ1n) is 7.25. The van der Waals surface area contributed by atoms with E-state index < -0.39 is 0 Å². The lowest BCUT2D eigenvalue weighted by molar-refractivity contribution is -0.126. The van der Waals surface area contributed by atoms with Gasteiger partial charge in [0.25, 0.3) is 5.91 Å². The van der Waals surface area contributed by atoms with Gasteiger partial charge in [0, 0.05) is 26.2 Å². The molecule has 1 unspecified atom stereocenters. The summed E-state index contributed by atoms with van der Waals surface area (Å²) in [4.78, 5) is 26.3. The molecule has 23 heavy (non-hydrogen) atoms. The highest BCUT2D eigenvalue weighted by atomic mass is 35.5. The van der Waals surface area contributed by atoms with Crippen LogP contribution in [0, 0.1) is 5.92 Å². The van der Waals surface area contributed by atoms with E-state index in [1.807, 2.05) is 0 Å². The van der Waals surface area contributed by atoms with E-state index in [1.54, 1.807) is 23.1 Å². The normalized spacial score (nSPS) is 17.3. The largest absolute Gasteiger partial charge is 0.355 e.